The molecule has 8 heteroatoms. The van der Waals surface area contributed by atoms with E-state index in [1.54, 1.807) is 30.3 Å². The molecule has 0 amide bonds. The first kappa shape index (κ1) is 26.2. The number of aromatic nitrogens is 2. The molecule has 4 aromatic rings. The Morgan fingerprint density at radius 1 is 0.897 bits per heavy atom. The Morgan fingerprint density at radius 2 is 1.54 bits per heavy atom. The van der Waals surface area contributed by atoms with E-state index in [4.69, 9.17) is 4.98 Å². The highest BCUT2D eigenvalue weighted by Crippen LogP contribution is 2.42. The van der Waals surface area contributed by atoms with Gasteiger partial charge in [-0.2, -0.15) is 0 Å². The van der Waals surface area contributed by atoms with Gasteiger partial charge in [0.25, 0.3) is 0 Å². The monoisotopic (exact) mass is 546 g/mol. The van der Waals surface area contributed by atoms with Crippen molar-refractivity contribution in [2.45, 2.75) is 50.2 Å². The molecule has 1 aliphatic heterocycles. The highest BCUT2D eigenvalue weighted by atomic mass is 32.2. The first-order valence-corrected chi connectivity index (χ1v) is 15.6. The molecule has 2 aliphatic rings. The van der Waals surface area contributed by atoms with E-state index < -0.39 is 9.84 Å². The first-order valence-electron chi connectivity index (χ1n) is 13.7. The first-order chi connectivity index (χ1) is 18.7. The van der Waals surface area contributed by atoms with Crippen molar-refractivity contribution < 1.29 is 12.8 Å². The molecule has 0 atom stereocenters. The van der Waals surface area contributed by atoms with Crippen LogP contribution in [0.2, 0.25) is 0 Å². The number of rotatable bonds is 7. The third kappa shape index (κ3) is 5.38. The van der Waals surface area contributed by atoms with Crippen LogP contribution >= 0.6 is 0 Å². The topological polar surface area (TPSA) is 58.4 Å². The second kappa shape index (κ2) is 10.2. The van der Waals surface area contributed by atoms with E-state index in [1.165, 1.54) is 11.8 Å². The lowest BCUT2D eigenvalue weighted by atomic mass is 10.0. The van der Waals surface area contributed by atoms with E-state index in [0.717, 1.165) is 67.8 Å². The smallest absolute Gasteiger partial charge is 0.175 e. The zero-order valence-corrected chi connectivity index (χ0v) is 23.6. The van der Waals surface area contributed by atoms with Crippen LogP contribution in [0.15, 0.2) is 65.6 Å². The molecular formula is C31H35FN4O2S. The minimum absolute atomic E-state index is 0.259. The predicted molar refractivity (Wildman–Crippen MR) is 154 cm³/mol. The highest BCUT2D eigenvalue weighted by molar-refractivity contribution is 7.90. The quantitative estimate of drug-likeness (QED) is 0.294. The number of hydrogen-bond donors (Lipinski definition) is 0. The molecule has 0 bridgehead atoms. The van der Waals surface area contributed by atoms with Gasteiger partial charge >= 0.3 is 0 Å². The minimum atomic E-state index is -3.29. The Hall–Kier alpha value is -3.07. The summed E-state index contributed by atoms with van der Waals surface area (Å²) in [5, 5.41) is 0. The lowest BCUT2D eigenvalue weighted by molar-refractivity contribution is 0.104. The molecule has 0 unspecified atom stereocenters. The molecule has 0 radical (unpaired) electrons. The lowest BCUT2D eigenvalue weighted by Crippen LogP contribution is -2.48. The molecule has 6 nitrogen and oxygen atoms in total. The summed E-state index contributed by atoms with van der Waals surface area (Å²) in [4.78, 5) is 9.97. The number of halogens is 1. The van der Waals surface area contributed by atoms with Crippen LogP contribution in [0.5, 0.6) is 0 Å². The van der Waals surface area contributed by atoms with Gasteiger partial charge in [0.2, 0.25) is 0 Å². The van der Waals surface area contributed by atoms with Crippen LogP contribution in [0.3, 0.4) is 0 Å². The van der Waals surface area contributed by atoms with Crippen LogP contribution in [0, 0.1) is 5.82 Å². The fraction of sp³-hybridized carbons (Fsp3) is 0.387. The number of hydrogen-bond acceptors (Lipinski definition) is 5. The zero-order chi connectivity index (χ0) is 27.3. The van der Waals surface area contributed by atoms with Gasteiger partial charge in [-0.25, -0.2) is 17.8 Å². The molecule has 0 spiro atoms. The largest absolute Gasteiger partial charge is 0.321 e. The second-order valence-corrected chi connectivity index (χ2v) is 13.3. The van der Waals surface area contributed by atoms with Crippen LogP contribution in [0.4, 0.5) is 4.39 Å². The van der Waals surface area contributed by atoms with Gasteiger partial charge in [-0.1, -0.05) is 24.3 Å². The molecular weight excluding hydrogens is 511 g/mol. The average molecular weight is 547 g/mol. The summed E-state index contributed by atoms with van der Waals surface area (Å²) in [7, 11) is -3.29. The summed E-state index contributed by atoms with van der Waals surface area (Å²) in [5.74, 6) is 0.333. The van der Waals surface area contributed by atoms with E-state index in [0.29, 0.717) is 17.4 Å². The van der Waals surface area contributed by atoms with Crippen molar-refractivity contribution in [3.8, 4) is 22.5 Å². The van der Waals surface area contributed by atoms with Gasteiger partial charge in [-0.3, -0.25) is 9.80 Å². The summed E-state index contributed by atoms with van der Waals surface area (Å²) in [6.45, 7) is 9.80. The standard InChI is InChI=1S/C31H35FN4O2S/c1-21(2)35-16-14-34(15-17-35)20-22-4-6-23(7-5-22)25-18-28(32)30-29(19-25)36(26-10-11-26)31(33-30)24-8-12-27(13-9-24)39(3,37)38/h4-9,12-13,18-19,21,26H,10-11,14-17,20H2,1-3H3. The van der Waals surface area contributed by atoms with Gasteiger partial charge in [0.1, 0.15) is 11.3 Å². The normalized spacial score (nSPS) is 17.4. The van der Waals surface area contributed by atoms with Crippen molar-refractivity contribution in [3.05, 3.63) is 72.0 Å². The van der Waals surface area contributed by atoms with Crippen molar-refractivity contribution in [3.63, 3.8) is 0 Å². The van der Waals surface area contributed by atoms with E-state index in [1.807, 2.05) is 6.07 Å². The van der Waals surface area contributed by atoms with Crippen molar-refractivity contribution in [1.29, 1.82) is 0 Å². The summed E-state index contributed by atoms with van der Waals surface area (Å²) in [6, 6.07) is 19.7. The van der Waals surface area contributed by atoms with Crippen molar-refractivity contribution in [1.82, 2.24) is 19.4 Å². The molecule has 204 valence electrons. The van der Waals surface area contributed by atoms with Gasteiger partial charge in [0.15, 0.2) is 15.7 Å². The van der Waals surface area contributed by atoms with E-state index in [2.05, 4.69) is 52.5 Å². The lowest BCUT2D eigenvalue weighted by Gasteiger charge is -2.36. The van der Waals surface area contributed by atoms with E-state index >= 15 is 4.39 Å². The summed E-state index contributed by atoms with van der Waals surface area (Å²) >= 11 is 0. The number of benzene rings is 3. The fourth-order valence-corrected chi connectivity index (χ4v) is 6.21. The summed E-state index contributed by atoms with van der Waals surface area (Å²) in [5.41, 5.74) is 4.99. The number of imidazole rings is 1. The van der Waals surface area contributed by atoms with E-state index in [9.17, 15) is 8.42 Å². The second-order valence-electron chi connectivity index (χ2n) is 11.3. The maximum Gasteiger partial charge on any atom is 0.175 e. The molecule has 3 aromatic carbocycles. The maximum atomic E-state index is 15.5. The summed E-state index contributed by atoms with van der Waals surface area (Å²) < 4.78 is 41.4. The zero-order valence-electron chi connectivity index (χ0n) is 22.8. The van der Waals surface area contributed by atoms with Crippen LogP contribution in [0.25, 0.3) is 33.5 Å². The van der Waals surface area contributed by atoms with Gasteiger partial charge in [-0.15, -0.1) is 0 Å². The number of sulfone groups is 1. The molecule has 2 heterocycles. The average Bonchev–Trinajstić information content (AvgIpc) is 3.68. The van der Waals surface area contributed by atoms with Crippen molar-refractivity contribution >= 4 is 20.9 Å². The molecule has 1 aliphatic carbocycles. The third-order valence-corrected chi connectivity index (χ3v) is 9.16. The molecule has 1 saturated heterocycles. The SMILES string of the molecule is CC(C)N1CCN(Cc2ccc(-c3cc(F)c4nc(-c5ccc(S(C)(=O)=O)cc5)n(C5CC5)c4c3)cc2)CC1. The van der Waals surface area contributed by atoms with Crippen molar-refractivity contribution in [2.24, 2.45) is 0 Å². The Bertz CT molecular complexity index is 1600. The number of nitrogens with zero attached hydrogens (tertiary/aromatic N) is 4. The Kier molecular flexibility index (Phi) is 6.81. The minimum Gasteiger partial charge on any atom is -0.321 e. The molecule has 2 fully saturated rings. The molecule has 6 rings (SSSR count). The van der Waals surface area contributed by atoms with Crippen LogP contribution in [0.1, 0.15) is 38.3 Å². The Labute approximate surface area is 230 Å². The third-order valence-electron chi connectivity index (χ3n) is 8.03. The Morgan fingerprint density at radius 3 is 2.13 bits per heavy atom. The molecule has 1 aromatic heterocycles. The van der Waals surface area contributed by atoms with E-state index in [-0.39, 0.29) is 16.8 Å². The molecule has 0 N–H and O–H groups in total. The van der Waals surface area contributed by atoms with Gasteiger partial charge < -0.3 is 4.57 Å². The number of fused-ring (bicyclic) bond motifs is 1. The molecule has 1 saturated carbocycles. The van der Waals surface area contributed by atoms with Crippen LogP contribution in [-0.4, -0.2) is 66.2 Å². The van der Waals surface area contributed by atoms with Crippen LogP contribution < -0.4 is 0 Å². The van der Waals surface area contributed by atoms with Gasteiger partial charge in [0.05, 0.1) is 10.4 Å². The van der Waals surface area contributed by atoms with Crippen LogP contribution in [-0.2, 0) is 16.4 Å². The van der Waals surface area contributed by atoms with Gasteiger partial charge in [-0.05, 0) is 79.8 Å². The van der Waals surface area contributed by atoms with Crippen molar-refractivity contribution in [2.75, 3.05) is 32.4 Å². The summed E-state index contributed by atoms with van der Waals surface area (Å²) in [6.07, 6.45) is 3.23. The Balaban J connectivity index is 1.28. The maximum absolute atomic E-state index is 15.5. The molecule has 39 heavy (non-hydrogen) atoms. The van der Waals surface area contributed by atoms with Gasteiger partial charge in [0, 0.05) is 56.6 Å². The fourth-order valence-electron chi connectivity index (χ4n) is 5.58. The predicted octanol–water partition coefficient (Wildman–Crippen LogP) is 5.77. The number of piperazine rings is 1. The highest BCUT2D eigenvalue weighted by Gasteiger charge is 2.30.